The van der Waals surface area contributed by atoms with Crippen LogP contribution in [0.5, 0.6) is 5.88 Å². The monoisotopic (exact) mass is 225 g/mol. The summed E-state index contributed by atoms with van der Waals surface area (Å²) in [5, 5.41) is 8.07. The van der Waals surface area contributed by atoms with Crippen LogP contribution >= 0.6 is 0 Å². The summed E-state index contributed by atoms with van der Waals surface area (Å²) < 4.78 is 5.04. The van der Waals surface area contributed by atoms with Crippen molar-refractivity contribution in [2.24, 2.45) is 0 Å². The van der Waals surface area contributed by atoms with Crippen LogP contribution in [0.2, 0.25) is 0 Å². The number of benzene rings is 1. The van der Waals surface area contributed by atoms with E-state index in [2.05, 4.69) is 27.3 Å². The molecular formula is C13H11N3O. The van der Waals surface area contributed by atoms with Crippen LogP contribution in [0.15, 0.2) is 42.7 Å². The van der Waals surface area contributed by atoms with Crippen LogP contribution in [-0.4, -0.2) is 22.3 Å². The molecule has 0 fully saturated rings. The van der Waals surface area contributed by atoms with Crippen LogP contribution in [0.4, 0.5) is 0 Å². The minimum atomic E-state index is 0.622. The summed E-state index contributed by atoms with van der Waals surface area (Å²) in [5.74, 6) is 0.622. The summed E-state index contributed by atoms with van der Waals surface area (Å²) in [5.41, 5.74) is 3.19. The number of nitrogens with zero attached hydrogens (tertiary/aromatic N) is 2. The van der Waals surface area contributed by atoms with E-state index in [4.69, 9.17) is 4.74 Å². The van der Waals surface area contributed by atoms with Gasteiger partial charge in [0.2, 0.25) is 5.88 Å². The summed E-state index contributed by atoms with van der Waals surface area (Å²) in [6.45, 7) is 0. The first-order valence-corrected chi connectivity index (χ1v) is 5.30. The van der Waals surface area contributed by atoms with Crippen LogP contribution in [-0.2, 0) is 0 Å². The average molecular weight is 225 g/mol. The molecule has 2 aromatic heterocycles. The zero-order valence-corrected chi connectivity index (χ0v) is 9.34. The van der Waals surface area contributed by atoms with Crippen LogP contribution in [0, 0.1) is 0 Å². The molecule has 1 aromatic carbocycles. The second-order valence-corrected chi connectivity index (χ2v) is 3.76. The zero-order chi connectivity index (χ0) is 11.7. The fourth-order valence-corrected chi connectivity index (χ4v) is 1.79. The quantitative estimate of drug-likeness (QED) is 0.729. The van der Waals surface area contributed by atoms with Crippen molar-refractivity contribution in [1.29, 1.82) is 0 Å². The van der Waals surface area contributed by atoms with Gasteiger partial charge in [-0.25, -0.2) is 4.98 Å². The highest BCUT2D eigenvalue weighted by molar-refractivity contribution is 5.83. The number of methoxy groups -OCH3 is 1. The molecule has 4 heteroatoms. The zero-order valence-electron chi connectivity index (χ0n) is 9.34. The molecule has 0 aliphatic carbocycles. The molecule has 0 radical (unpaired) electrons. The Morgan fingerprint density at radius 1 is 1.06 bits per heavy atom. The van der Waals surface area contributed by atoms with Gasteiger partial charge in [0.05, 0.1) is 18.8 Å². The van der Waals surface area contributed by atoms with Crippen molar-refractivity contribution in [3.8, 4) is 17.0 Å². The fraction of sp³-hybridized carbons (Fsp3) is 0.0769. The Hall–Kier alpha value is -2.36. The molecule has 0 atom stereocenters. The molecule has 0 aliphatic rings. The first kappa shape index (κ1) is 9.84. The van der Waals surface area contributed by atoms with E-state index < -0.39 is 0 Å². The summed E-state index contributed by atoms with van der Waals surface area (Å²) in [7, 11) is 1.61. The molecule has 3 aromatic rings. The number of nitrogens with one attached hydrogen (secondary N) is 1. The maximum atomic E-state index is 5.04. The van der Waals surface area contributed by atoms with Gasteiger partial charge in [0.1, 0.15) is 0 Å². The first-order chi connectivity index (χ1) is 8.36. The van der Waals surface area contributed by atoms with Gasteiger partial charge < -0.3 is 4.74 Å². The Kier molecular flexibility index (Phi) is 2.26. The number of hydrogen-bond acceptors (Lipinski definition) is 3. The van der Waals surface area contributed by atoms with Crippen molar-refractivity contribution in [3.63, 3.8) is 0 Å². The van der Waals surface area contributed by atoms with Crippen molar-refractivity contribution in [2.75, 3.05) is 7.11 Å². The highest BCUT2D eigenvalue weighted by Gasteiger charge is 2.01. The lowest BCUT2D eigenvalue weighted by Gasteiger charge is -2.02. The third-order valence-corrected chi connectivity index (χ3v) is 2.72. The van der Waals surface area contributed by atoms with E-state index in [1.807, 2.05) is 24.4 Å². The molecule has 0 unspecified atom stereocenters. The minimum absolute atomic E-state index is 0.622. The van der Waals surface area contributed by atoms with Gasteiger partial charge in [-0.2, -0.15) is 5.10 Å². The van der Waals surface area contributed by atoms with Crippen LogP contribution in [0.3, 0.4) is 0 Å². The highest BCUT2D eigenvalue weighted by Crippen LogP contribution is 2.23. The topological polar surface area (TPSA) is 50.8 Å². The van der Waals surface area contributed by atoms with E-state index >= 15 is 0 Å². The highest BCUT2D eigenvalue weighted by atomic mass is 16.5. The predicted molar refractivity (Wildman–Crippen MR) is 65.9 cm³/mol. The molecular weight excluding hydrogens is 214 g/mol. The molecule has 0 spiro atoms. The number of H-pyrrole nitrogens is 1. The predicted octanol–water partition coefficient (Wildman–Crippen LogP) is 2.63. The molecule has 17 heavy (non-hydrogen) atoms. The molecule has 4 nitrogen and oxygen atoms in total. The number of ether oxygens (including phenoxy) is 1. The fourth-order valence-electron chi connectivity index (χ4n) is 1.79. The largest absolute Gasteiger partial charge is 0.481 e. The Balaban J connectivity index is 2.06. The van der Waals surface area contributed by atoms with Gasteiger partial charge in [-0.3, -0.25) is 5.10 Å². The van der Waals surface area contributed by atoms with Gasteiger partial charge in [0, 0.05) is 23.2 Å². The van der Waals surface area contributed by atoms with Gasteiger partial charge in [0.15, 0.2) is 0 Å². The summed E-state index contributed by atoms with van der Waals surface area (Å²) in [6, 6.07) is 10.0. The molecule has 0 aliphatic heterocycles. The molecule has 1 N–H and O–H groups in total. The van der Waals surface area contributed by atoms with Crippen molar-refractivity contribution in [1.82, 2.24) is 15.2 Å². The number of aromatic nitrogens is 3. The molecule has 2 heterocycles. The Morgan fingerprint density at radius 3 is 2.71 bits per heavy atom. The normalized spacial score (nSPS) is 10.6. The molecule has 3 rings (SSSR count). The summed E-state index contributed by atoms with van der Waals surface area (Å²) in [6.07, 6.45) is 3.61. The van der Waals surface area contributed by atoms with E-state index in [0.29, 0.717) is 5.88 Å². The van der Waals surface area contributed by atoms with Gasteiger partial charge in [0.25, 0.3) is 0 Å². The average Bonchev–Trinajstić information content (AvgIpc) is 2.86. The maximum Gasteiger partial charge on any atom is 0.212 e. The molecule has 0 saturated heterocycles. The lowest BCUT2D eigenvalue weighted by molar-refractivity contribution is 0.398. The van der Waals surface area contributed by atoms with E-state index in [1.165, 1.54) is 0 Å². The van der Waals surface area contributed by atoms with E-state index in [9.17, 15) is 0 Å². The Bertz CT molecular complexity index is 643. The van der Waals surface area contributed by atoms with Gasteiger partial charge >= 0.3 is 0 Å². The van der Waals surface area contributed by atoms with E-state index in [0.717, 1.165) is 22.0 Å². The third-order valence-electron chi connectivity index (χ3n) is 2.72. The molecule has 0 amide bonds. The van der Waals surface area contributed by atoms with E-state index in [1.54, 1.807) is 13.3 Å². The maximum absolute atomic E-state index is 5.04. The van der Waals surface area contributed by atoms with Crippen molar-refractivity contribution >= 4 is 10.9 Å². The smallest absolute Gasteiger partial charge is 0.212 e. The summed E-state index contributed by atoms with van der Waals surface area (Å²) >= 11 is 0. The van der Waals surface area contributed by atoms with Gasteiger partial charge in [-0.05, 0) is 17.7 Å². The van der Waals surface area contributed by atoms with Crippen molar-refractivity contribution in [3.05, 3.63) is 42.7 Å². The van der Waals surface area contributed by atoms with Crippen molar-refractivity contribution < 1.29 is 4.74 Å². The lowest BCUT2D eigenvalue weighted by Crippen LogP contribution is -1.87. The first-order valence-electron chi connectivity index (χ1n) is 5.30. The third kappa shape index (κ3) is 1.73. The molecule has 0 bridgehead atoms. The standard InChI is InChI=1S/C13H11N3O/c1-17-13-5-4-10(7-14-13)9-2-3-11-8-15-16-12(11)6-9/h2-8H,1H3,(H,15,16). The molecule has 84 valence electrons. The summed E-state index contributed by atoms with van der Waals surface area (Å²) in [4.78, 5) is 4.19. The Morgan fingerprint density at radius 2 is 1.94 bits per heavy atom. The number of aromatic amines is 1. The molecule has 0 saturated carbocycles. The number of fused-ring (bicyclic) bond motifs is 1. The second-order valence-electron chi connectivity index (χ2n) is 3.76. The SMILES string of the molecule is COc1ccc(-c2ccc3cn[nH]c3c2)cn1. The number of hydrogen-bond donors (Lipinski definition) is 1. The van der Waals surface area contributed by atoms with Crippen LogP contribution in [0.1, 0.15) is 0 Å². The van der Waals surface area contributed by atoms with Crippen LogP contribution < -0.4 is 4.74 Å². The van der Waals surface area contributed by atoms with Gasteiger partial charge in [-0.1, -0.05) is 12.1 Å². The van der Waals surface area contributed by atoms with E-state index in [-0.39, 0.29) is 0 Å². The minimum Gasteiger partial charge on any atom is -0.481 e. The number of rotatable bonds is 2. The Labute approximate surface area is 98.3 Å². The lowest BCUT2D eigenvalue weighted by atomic mass is 10.1. The van der Waals surface area contributed by atoms with Crippen molar-refractivity contribution in [2.45, 2.75) is 0 Å². The number of pyridine rings is 1. The van der Waals surface area contributed by atoms with Crippen LogP contribution in [0.25, 0.3) is 22.0 Å². The van der Waals surface area contributed by atoms with Gasteiger partial charge in [-0.15, -0.1) is 0 Å². The second kappa shape index (κ2) is 3.90.